The molecule has 0 radical (unpaired) electrons. The zero-order chi connectivity index (χ0) is 11.6. The summed E-state index contributed by atoms with van der Waals surface area (Å²) in [7, 11) is 1.35. The number of carboxylic acids is 1. The van der Waals surface area contributed by atoms with Gasteiger partial charge in [-0.15, -0.1) is 0 Å². The number of hydrogen-bond donors (Lipinski definition) is 4. The van der Waals surface area contributed by atoms with Gasteiger partial charge in [0.15, 0.2) is 11.5 Å². The molecule has 0 spiro atoms. The molecule has 0 aliphatic carbocycles. The number of carbonyl (C=O) groups excluding carboxylic acids is 1. The second-order valence-corrected chi connectivity index (χ2v) is 2.74. The molecule has 1 amide bonds. The van der Waals surface area contributed by atoms with Crippen LogP contribution in [0.15, 0.2) is 12.1 Å². The minimum atomic E-state index is -1.38. The summed E-state index contributed by atoms with van der Waals surface area (Å²) in [6, 6.07) is 2.17. The summed E-state index contributed by atoms with van der Waals surface area (Å²) >= 11 is 0. The fraction of sp³-hybridized carbons (Fsp3) is 0.111. The molecule has 6 heteroatoms. The minimum absolute atomic E-state index is 0.181. The van der Waals surface area contributed by atoms with Gasteiger partial charge in [-0.1, -0.05) is 0 Å². The van der Waals surface area contributed by atoms with E-state index in [-0.39, 0.29) is 5.56 Å². The maximum atomic E-state index is 11.1. The summed E-state index contributed by atoms with van der Waals surface area (Å²) in [4.78, 5) is 21.7. The summed E-state index contributed by atoms with van der Waals surface area (Å²) in [5.41, 5.74) is -0.639. The van der Waals surface area contributed by atoms with E-state index >= 15 is 0 Å². The number of carboxylic acid groups (broad SMARTS) is 1. The third-order valence-electron chi connectivity index (χ3n) is 1.85. The fourth-order valence-electron chi connectivity index (χ4n) is 1.07. The number of nitrogens with one attached hydrogen (secondary N) is 1. The lowest BCUT2D eigenvalue weighted by atomic mass is 10.1. The molecule has 0 aliphatic heterocycles. The van der Waals surface area contributed by atoms with Crippen molar-refractivity contribution in [2.24, 2.45) is 0 Å². The van der Waals surface area contributed by atoms with E-state index in [0.717, 1.165) is 12.1 Å². The highest BCUT2D eigenvalue weighted by Crippen LogP contribution is 2.32. The van der Waals surface area contributed by atoms with Crippen LogP contribution < -0.4 is 5.32 Å². The number of amides is 1. The number of benzene rings is 1. The number of phenols is 2. The molecular weight excluding hydrogens is 202 g/mol. The number of carbonyl (C=O) groups is 2. The predicted octanol–water partition coefficient (Wildman–Crippen LogP) is 0.156. The molecule has 1 rings (SSSR count). The fourth-order valence-corrected chi connectivity index (χ4v) is 1.07. The molecule has 0 saturated carbocycles. The zero-order valence-electron chi connectivity index (χ0n) is 7.81. The molecule has 0 fully saturated rings. The Morgan fingerprint density at radius 1 is 1.13 bits per heavy atom. The Balaban J connectivity index is 3.33. The smallest absolute Gasteiger partial charge is 0.339 e. The van der Waals surface area contributed by atoms with Gasteiger partial charge in [0.1, 0.15) is 5.56 Å². The Labute approximate surface area is 84.8 Å². The summed E-state index contributed by atoms with van der Waals surface area (Å²) < 4.78 is 0. The van der Waals surface area contributed by atoms with Gasteiger partial charge in [-0.25, -0.2) is 4.79 Å². The van der Waals surface area contributed by atoms with Crippen molar-refractivity contribution in [3.8, 4) is 11.5 Å². The molecule has 1 aromatic carbocycles. The average Bonchev–Trinajstić information content (AvgIpc) is 2.20. The van der Waals surface area contributed by atoms with Crippen LogP contribution in [0.25, 0.3) is 0 Å². The van der Waals surface area contributed by atoms with E-state index in [4.69, 9.17) is 5.11 Å². The van der Waals surface area contributed by atoms with Crippen molar-refractivity contribution in [1.82, 2.24) is 5.32 Å². The molecule has 0 saturated heterocycles. The van der Waals surface area contributed by atoms with Gasteiger partial charge < -0.3 is 20.6 Å². The van der Waals surface area contributed by atoms with Crippen molar-refractivity contribution in [1.29, 1.82) is 0 Å². The summed E-state index contributed by atoms with van der Waals surface area (Å²) in [6.07, 6.45) is 0. The number of hydrogen-bond acceptors (Lipinski definition) is 4. The highest BCUT2D eigenvalue weighted by molar-refractivity contribution is 6.00. The van der Waals surface area contributed by atoms with Crippen LogP contribution in [0.5, 0.6) is 11.5 Å². The summed E-state index contributed by atoms with van der Waals surface area (Å²) in [6.45, 7) is 0. The molecule has 0 bridgehead atoms. The topological polar surface area (TPSA) is 107 Å². The molecule has 0 aliphatic rings. The third-order valence-corrected chi connectivity index (χ3v) is 1.85. The van der Waals surface area contributed by atoms with Crippen LogP contribution in [0.3, 0.4) is 0 Å². The minimum Gasteiger partial charge on any atom is -0.504 e. The first kappa shape index (κ1) is 10.8. The van der Waals surface area contributed by atoms with Crippen molar-refractivity contribution in [3.63, 3.8) is 0 Å². The second-order valence-electron chi connectivity index (χ2n) is 2.74. The van der Waals surface area contributed by atoms with E-state index in [0.29, 0.717) is 0 Å². The lowest BCUT2D eigenvalue weighted by Crippen LogP contribution is -2.18. The first-order chi connectivity index (χ1) is 6.99. The molecule has 80 valence electrons. The second kappa shape index (κ2) is 3.87. The van der Waals surface area contributed by atoms with Gasteiger partial charge in [0.25, 0.3) is 5.91 Å². The van der Waals surface area contributed by atoms with Gasteiger partial charge in [0.05, 0.1) is 5.56 Å². The average molecular weight is 211 g/mol. The van der Waals surface area contributed by atoms with Gasteiger partial charge in [-0.3, -0.25) is 4.79 Å². The van der Waals surface area contributed by atoms with E-state index in [9.17, 15) is 19.8 Å². The number of phenolic OH excluding ortho intramolecular Hbond substituents is 1. The first-order valence-electron chi connectivity index (χ1n) is 3.99. The van der Waals surface area contributed by atoms with Gasteiger partial charge in [0.2, 0.25) is 0 Å². The zero-order valence-corrected chi connectivity index (χ0v) is 7.81. The Morgan fingerprint density at radius 3 is 2.07 bits per heavy atom. The largest absolute Gasteiger partial charge is 0.504 e. The SMILES string of the molecule is CNC(=O)c1ccc(C(=O)O)c(O)c1O. The lowest BCUT2D eigenvalue weighted by molar-refractivity contribution is 0.0692. The lowest BCUT2D eigenvalue weighted by Gasteiger charge is -2.06. The van der Waals surface area contributed by atoms with Crippen LogP contribution >= 0.6 is 0 Å². The highest BCUT2D eigenvalue weighted by atomic mass is 16.4. The highest BCUT2D eigenvalue weighted by Gasteiger charge is 2.19. The monoisotopic (exact) mass is 211 g/mol. The molecule has 0 unspecified atom stereocenters. The Bertz CT molecular complexity index is 427. The van der Waals surface area contributed by atoms with Crippen molar-refractivity contribution in [2.75, 3.05) is 7.05 Å². The molecular formula is C9H9NO5. The van der Waals surface area contributed by atoms with Crippen LogP contribution in [-0.4, -0.2) is 34.2 Å². The standard InChI is InChI=1S/C9H9NO5/c1-10-8(13)4-2-3-5(9(14)15)7(12)6(4)11/h2-3,11-12H,1H3,(H,10,13)(H,14,15). The molecule has 6 nitrogen and oxygen atoms in total. The van der Waals surface area contributed by atoms with Crippen molar-refractivity contribution < 1.29 is 24.9 Å². The first-order valence-corrected chi connectivity index (χ1v) is 3.99. The quantitative estimate of drug-likeness (QED) is 0.521. The normalized spacial score (nSPS) is 9.67. The van der Waals surface area contributed by atoms with E-state index in [1.165, 1.54) is 7.05 Å². The van der Waals surface area contributed by atoms with Crippen molar-refractivity contribution >= 4 is 11.9 Å². The summed E-state index contributed by atoms with van der Waals surface area (Å²) in [5, 5.41) is 29.5. The maximum Gasteiger partial charge on any atom is 0.339 e. The molecule has 0 heterocycles. The van der Waals surface area contributed by atoms with Crippen LogP contribution in [0, 0.1) is 0 Å². The van der Waals surface area contributed by atoms with Gasteiger partial charge in [0, 0.05) is 7.05 Å². The van der Waals surface area contributed by atoms with Crippen molar-refractivity contribution in [2.45, 2.75) is 0 Å². The van der Waals surface area contributed by atoms with Crippen molar-refractivity contribution in [3.05, 3.63) is 23.3 Å². The van der Waals surface area contributed by atoms with E-state index in [1.807, 2.05) is 0 Å². The van der Waals surface area contributed by atoms with Gasteiger partial charge in [-0.05, 0) is 12.1 Å². The maximum absolute atomic E-state index is 11.1. The number of rotatable bonds is 2. The number of aromatic carboxylic acids is 1. The van der Waals surface area contributed by atoms with Crippen LogP contribution in [0.1, 0.15) is 20.7 Å². The van der Waals surface area contributed by atoms with Crippen LogP contribution in [-0.2, 0) is 0 Å². The van der Waals surface area contributed by atoms with E-state index in [1.54, 1.807) is 0 Å². The Kier molecular flexibility index (Phi) is 2.80. The molecule has 1 aromatic rings. The van der Waals surface area contributed by atoms with E-state index in [2.05, 4.69) is 5.32 Å². The summed E-state index contributed by atoms with van der Waals surface area (Å²) in [5.74, 6) is -3.55. The van der Waals surface area contributed by atoms with E-state index < -0.39 is 28.9 Å². The van der Waals surface area contributed by atoms with Crippen LogP contribution in [0.4, 0.5) is 0 Å². The molecule has 0 atom stereocenters. The van der Waals surface area contributed by atoms with Gasteiger partial charge >= 0.3 is 5.97 Å². The number of aromatic hydroxyl groups is 2. The molecule has 15 heavy (non-hydrogen) atoms. The van der Waals surface area contributed by atoms with Crippen LogP contribution in [0.2, 0.25) is 0 Å². The van der Waals surface area contributed by atoms with Gasteiger partial charge in [-0.2, -0.15) is 0 Å². The predicted molar refractivity (Wildman–Crippen MR) is 50.1 cm³/mol. The third kappa shape index (κ3) is 1.83. The molecule has 4 N–H and O–H groups in total. The molecule has 0 aromatic heterocycles. The Morgan fingerprint density at radius 2 is 1.60 bits per heavy atom. The Hall–Kier alpha value is -2.24.